The Bertz CT molecular complexity index is 736. The Morgan fingerprint density at radius 3 is 2.24 bits per heavy atom. The molecule has 3 nitrogen and oxygen atoms in total. The topological polar surface area (TPSA) is 21.7 Å². The van der Waals surface area contributed by atoms with Gasteiger partial charge >= 0.3 is 0 Å². The van der Waals surface area contributed by atoms with Crippen LogP contribution in [0.4, 0.5) is 5.69 Å². The zero-order valence-corrected chi connectivity index (χ0v) is 16.2. The largest absolute Gasteiger partial charge is 0.497 e. The standard InChI is InChI=1S/C22H29NO2/c1-14(2)17-7-9-19(10-8-17)23-15(3)11-18-12-20(24-5)13-21(25-6)22(18)16(23)4/h7-10,12-16H,11H2,1-6H3. The van der Waals surface area contributed by atoms with E-state index < -0.39 is 0 Å². The summed E-state index contributed by atoms with van der Waals surface area (Å²) in [5.74, 6) is 2.33. The number of benzene rings is 2. The van der Waals surface area contributed by atoms with Gasteiger partial charge in [-0.15, -0.1) is 0 Å². The van der Waals surface area contributed by atoms with Gasteiger partial charge in [0.2, 0.25) is 0 Å². The Morgan fingerprint density at radius 2 is 1.68 bits per heavy atom. The zero-order chi connectivity index (χ0) is 18.1. The lowest BCUT2D eigenvalue weighted by Gasteiger charge is -2.43. The Balaban J connectivity index is 2.02. The molecule has 0 aromatic heterocycles. The van der Waals surface area contributed by atoms with Gasteiger partial charge in [-0.25, -0.2) is 0 Å². The molecule has 25 heavy (non-hydrogen) atoms. The van der Waals surface area contributed by atoms with Crippen molar-refractivity contribution < 1.29 is 9.47 Å². The van der Waals surface area contributed by atoms with E-state index in [1.807, 2.05) is 6.07 Å². The molecular weight excluding hydrogens is 310 g/mol. The van der Waals surface area contributed by atoms with Crippen LogP contribution in [-0.2, 0) is 6.42 Å². The van der Waals surface area contributed by atoms with Gasteiger partial charge in [0.15, 0.2) is 0 Å². The molecule has 1 aliphatic heterocycles. The van der Waals surface area contributed by atoms with Gasteiger partial charge in [-0.05, 0) is 55.5 Å². The van der Waals surface area contributed by atoms with Crippen molar-refractivity contribution in [3.05, 3.63) is 53.1 Å². The second-order valence-electron chi connectivity index (χ2n) is 7.29. The lowest BCUT2D eigenvalue weighted by molar-refractivity contribution is 0.381. The number of nitrogens with zero attached hydrogens (tertiary/aromatic N) is 1. The minimum absolute atomic E-state index is 0.254. The Morgan fingerprint density at radius 1 is 1.00 bits per heavy atom. The van der Waals surface area contributed by atoms with Crippen LogP contribution in [0.1, 0.15) is 56.3 Å². The van der Waals surface area contributed by atoms with Crippen LogP contribution in [0.3, 0.4) is 0 Å². The first-order valence-corrected chi connectivity index (χ1v) is 9.09. The maximum Gasteiger partial charge on any atom is 0.128 e. The first-order chi connectivity index (χ1) is 12.0. The summed E-state index contributed by atoms with van der Waals surface area (Å²) < 4.78 is 11.1. The molecule has 3 rings (SSSR count). The smallest absolute Gasteiger partial charge is 0.128 e. The van der Waals surface area contributed by atoms with E-state index in [-0.39, 0.29) is 6.04 Å². The minimum atomic E-state index is 0.254. The van der Waals surface area contributed by atoms with E-state index in [4.69, 9.17) is 9.47 Å². The second kappa shape index (κ2) is 6.99. The van der Waals surface area contributed by atoms with Gasteiger partial charge in [0.1, 0.15) is 11.5 Å². The molecule has 2 aromatic carbocycles. The summed E-state index contributed by atoms with van der Waals surface area (Å²) in [6.07, 6.45) is 0.985. The highest BCUT2D eigenvalue weighted by molar-refractivity contribution is 5.58. The molecule has 0 aliphatic carbocycles. The summed E-state index contributed by atoms with van der Waals surface area (Å²) >= 11 is 0. The fourth-order valence-electron chi connectivity index (χ4n) is 4.03. The van der Waals surface area contributed by atoms with Crippen molar-refractivity contribution in [3.63, 3.8) is 0 Å². The molecule has 0 amide bonds. The summed E-state index contributed by atoms with van der Waals surface area (Å²) in [5.41, 5.74) is 5.25. The van der Waals surface area contributed by atoms with Crippen LogP contribution in [0.2, 0.25) is 0 Å². The van der Waals surface area contributed by atoms with Gasteiger partial charge in [0, 0.05) is 23.4 Å². The lowest BCUT2D eigenvalue weighted by Crippen LogP contribution is -2.41. The zero-order valence-electron chi connectivity index (χ0n) is 16.2. The normalized spacial score (nSPS) is 19.7. The molecule has 2 atom stereocenters. The monoisotopic (exact) mass is 339 g/mol. The average Bonchev–Trinajstić information content (AvgIpc) is 2.60. The van der Waals surface area contributed by atoms with E-state index in [1.54, 1.807) is 14.2 Å². The van der Waals surface area contributed by atoms with Gasteiger partial charge in [-0.3, -0.25) is 0 Å². The lowest BCUT2D eigenvalue weighted by atomic mass is 9.87. The average molecular weight is 339 g/mol. The molecular formula is C22H29NO2. The third-order valence-corrected chi connectivity index (χ3v) is 5.34. The van der Waals surface area contributed by atoms with Crippen LogP contribution in [0.15, 0.2) is 36.4 Å². The van der Waals surface area contributed by atoms with Crippen molar-refractivity contribution in [1.29, 1.82) is 0 Å². The predicted octanol–water partition coefficient (Wildman–Crippen LogP) is 5.34. The van der Waals surface area contributed by atoms with E-state index >= 15 is 0 Å². The molecule has 0 spiro atoms. The molecule has 0 radical (unpaired) electrons. The van der Waals surface area contributed by atoms with Crippen molar-refractivity contribution in [2.75, 3.05) is 19.1 Å². The summed E-state index contributed by atoms with van der Waals surface area (Å²) in [5, 5.41) is 0. The number of methoxy groups -OCH3 is 2. The SMILES string of the molecule is COc1cc2c(c(OC)c1)C(C)N(c1ccc(C(C)C)cc1)C(C)C2. The number of fused-ring (bicyclic) bond motifs is 1. The van der Waals surface area contributed by atoms with E-state index in [0.717, 1.165) is 17.9 Å². The Labute approximate surface area is 151 Å². The highest BCUT2D eigenvalue weighted by atomic mass is 16.5. The fourth-order valence-corrected chi connectivity index (χ4v) is 4.03. The molecule has 0 saturated carbocycles. The molecule has 0 N–H and O–H groups in total. The van der Waals surface area contributed by atoms with Gasteiger partial charge in [0.05, 0.1) is 20.3 Å². The van der Waals surface area contributed by atoms with Crippen LogP contribution in [0.25, 0.3) is 0 Å². The number of rotatable bonds is 4. The van der Waals surface area contributed by atoms with Crippen LogP contribution in [0.5, 0.6) is 11.5 Å². The number of hydrogen-bond donors (Lipinski definition) is 0. The van der Waals surface area contributed by atoms with Crippen LogP contribution >= 0.6 is 0 Å². The highest BCUT2D eigenvalue weighted by Crippen LogP contribution is 2.43. The van der Waals surface area contributed by atoms with Crippen molar-refractivity contribution in [1.82, 2.24) is 0 Å². The predicted molar refractivity (Wildman–Crippen MR) is 104 cm³/mol. The third-order valence-electron chi connectivity index (χ3n) is 5.34. The third kappa shape index (κ3) is 3.20. The summed E-state index contributed by atoms with van der Waals surface area (Å²) in [4.78, 5) is 2.50. The molecule has 2 unspecified atom stereocenters. The molecule has 0 saturated heterocycles. The first kappa shape index (κ1) is 17.7. The minimum Gasteiger partial charge on any atom is -0.497 e. The molecule has 134 valence electrons. The van der Waals surface area contributed by atoms with E-state index in [0.29, 0.717) is 12.0 Å². The maximum atomic E-state index is 5.69. The molecule has 1 heterocycles. The Hall–Kier alpha value is -2.16. The number of hydrogen-bond acceptors (Lipinski definition) is 3. The van der Waals surface area contributed by atoms with Gasteiger partial charge in [-0.1, -0.05) is 26.0 Å². The Kier molecular flexibility index (Phi) is 4.94. The van der Waals surface area contributed by atoms with Crippen LogP contribution in [-0.4, -0.2) is 20.3 Å². The first-order valence-electron chi connectivity index (χ1n) is 9.09. The van der Waals surface area contributed by atoms with Gasteiger partial charge in [-0.2, -0.15) is 0 Å². The molecule has 0 bridgehead atoms. The molecule has 0 fully saturated rings. The van der Waals surface area contributed by atoms with Crippen molar-refractivity contribution in [2.24, 2.45) is 0 Å². The van der Waals surface area contributed by atoms with Crippen molar-refractivity contribution in [2.45, 2.75) is 52.1 Å². The van der Waals surface area contributed by atoms with E-state index in [9.17, 15) is 0 Å². The van der Waals surface area contributed by atoms with Crippen molar-refractivity contribution in [3.8, 4) is 11.5 Å². The molecule has 1 aliphatic rings. The number of anilines is 1. The van der Waals surface area contributed by atoms with Crippen LogP contribution < -0.4 is 14.4 Å². The quantitative estimate of drug-likeness (QED) is 0.750. The fraction of sp³-hybridized carbons (Fsp3) is 0.455. The van der Waals surface area contributed by atoms with E-state index in [2.05, 4.69) is 62.9 Å². The summed E-state index contributed by atoms with van der Waals surface area (Å²) in [7, 11) is 3.45. The van der Waals surface area contributed by atoms with Crippen LogP contribution in [0, 0.1) is 0 Å². The second-order valence-corrected chi connectivity index (χ2v) is 7.29. The highest BCUT2D eigenvalue weighted by Gasteiger charge is 2.32. The number of ether oxygens (including phenoxy) is 2. The molecule has 3 heteroatoms. The summed E-state index contributed by atoms with van der Waals surface area (Å²) in [6, 6.07) is 13.8. The molecule has 2 aromatic rings. The maximum absolute atomic E-state index is 5.69. The van der Waals surface area contributed by atoms with Gasteiger partial charge < -0.3 is 14.4 Å². The van der Waals surface area contributed by atoms with Crippen molar-refractivity contribution >= 4 is 5.69 Å². The van der Waals surface area contributed by atoms with E-state index in [1.165, 1.54) is 22.4 Å². The van der Waals surface area contributed by atoms with Gasteiger partial charge in [0.25, 0.3) is 0 Å². The summed E-state index contributed by atoms with van der Waals surface area (Å²) in [6.45, 7) is 9.02.